The summed E-state index contributed by atoms with van der Waals surface area (Å²) in [6.07, 6.45) is 0. The summed E-state index contributed by atoms with van der Waals surface area (Å²) in [5, 5.41) is 11.4. The van der Waals surface area contributed by atoms with Crippen LogP contribution in [0, 0.1) is 18.3 Å². The molecule has 0 heterocycles. The van der Waals surface area contributed by atoms with Crippen molar-refractivity contribution in [3.8, 4) is 11.8 Å². The fourth-order valence-electron chi connectivity index (χ4n) is 1.73. The van der Waals surface area contributed by atoms with Crippen LogP contribution in [-0.2, 0) is 0 Å². The monoisotopic (exact) mass is 344 g/mol. The van der Waals surface area contributed by atoms with Crippen molar-refractivity contribution in [3.63, 3.8) is 0 Å². The van der Waals surface area contributed by atoms with Crippen LogP contribution in [0.4, 0.5) is 5.69 Å². The second-order valence-corrected chi connectivity index (χ2v) is 5.22. The number of halogens is 1. The summed E-state index contributed by atoms with van der Waals surface area (Å²) < 4.78 is 6.16. The fraction of sp³-hybridized carbons (Fsp3) is 0.125. The van der Waals surface area contributed by atoms with Crippen LogP contribution in [0.25, 0.3) is 0 Å². The molecule has 4 nitrogen and oxygen atoms in total. The summed E-state index contributed by atoms with van der Waals surface area (Å²) in [4.78, 5) is 12.3. The Morgan fingerprint density at radius 3 is 2.81 bits per heavy atom. The molecule has 0 aliphatic heterocycles. The molecule has 21 heavy (non-hydrogen) atoms. The molecule has 1 N–H and O–H groups in total. The SMILES string of the molecule is Cc1ccc(C(=O)Nc2ccccc2OCC#N)cc1Br. The summed E-state index contributed by atoms with van der Waals surface area (Å²) in [7, 11) is 0. The van der Waals surface area contributed by atoms with E-state index in [0.29, 0.717) is 17.0 Å². The average Bonchev–Trinajstić information content (AvgIpc) is 2.49. The molecule has 0 bridgehead atoms. The Kier molecular flexibility index (Phi) is 4.96. The second kappa shape index (κ2) is 6.91. The summed E-state index contributed by atoms with van der Waals surface area (Å²) in [5.41, 5.74) is 2.14. The molecule has 0 unspecified atom stereocenters. The van der Waals surface area contributed by atoms with Crippen LogP contribution in [-0.4, -0.2) is 12.5 Å². The number of amides is 1. The maximum atomic E-state index is 12.3. The number of benzene rings is 2. The van der Waals surface area contributed by atoms with E-state index in [1.807, 2.05) is 19.1 Å². The van der Waals surface area contributed by atoms with Crippen molar-refractivity contribution in [3.05, 3.63) is 58.1 Å². The molecular formula is C16H13BrN2O2. The van der Waals surface area contributed by atoms with E-state index in [1.165, 1.54) is 0 Å². The van der Waals surface area contributed by atoms with Crippen LogP contribution in [0.5, 0.6) is 5.75 Å². The minimum atomic E-state index is -0.233. The van der Waals surface area contributed by atoms with E-state index >= 15 is 0 Å². The number of aryl methyl sites for hydroxylation is 1. The number of ether oxygens (including phenoxy) is 1. The smallest absolute Gasteiger partial charge is 0.255 e. The highest BCUT2D eigenvalue weighted by Crippen LogP contribution is 2.25. The van der Waals surface area contributed by atoms with E-state index in [1.54, 1.807) is 36.4 Å². The number of rotatable bonds is 4. The van der Waals surface area contributed by atoms with Gasteiger partial charge in [-0.05, 0) is 36.8 Å². The number of nitrogens with one attached hydrogen (secondary N) is 1. The Labute approximate surface area is 131 Å². The minimum absolute atomic E-state index is 0.0665. The Bertz CT molecular complexity index is 708. The maximum Gasteiger partial charge on any atom is 0.255 e. The van der Waals surface area contributed by atoms with E-state index in [9.17, 15) is 4.79 Å². The predicted molar refractivity (Wildman–Crippen MR) is 84.4 cm³/mol. The molecule has 5 heteroatoms. The molecule has 0 aliphatic carbocycles. The molecule has 2 rings (SSSR count). The number of para-hydroxylation sites is 2. The summed E-state index contributed by atoms with van der Waals surface area (Å²) in [6.45, 7) is 1.89. The van der Waals surface area contributed by atoms with Gasteiger partial charge in [0.2, 0.25) is 0 Å². The molecule has 0 saturated carbocycles. The first kappa shape index (κ1) is 15.1. The van der Waals surface area contributed by atoms with Crippen LogP contribution >= 0.6 is 15.9 Å². The Balaban J connectivity index is 2.19. The first-order chi connectivity index (χ1) is 10.1. The molecule has 0 radical (unpaired) electrons. The van der Waals surface area contributed by atoms with Gasteiger partial charge in [0.1, 0.15) is 11.8 Å². The molecule has 106 valence electrons. The van der Waals surface area contributed by atoms with Crippen LogP contribution < -0.4 is 10.1 Å². The first-order valence-electron chi connectivity index (χ1n) is 6.28. The summed E-state index contributed by atoms with van der Waals surface area (Å²) in [6, 6.07) is 14.3. The lowest BCUT2D eigenvalue weighted by molar-refractivity contribution is 0.102. The van der Waals surface area contributed by atoms with Gasteiger partial charge in [-0.15, -0.1) is 0 Å². The zero-order valence-corrected chi connectivity index (χ0v) is 13.0. The van der Waals surface area contributed by atoms with Gasteiger partial charge >= 0.3 is 0 Å². The number of carbonyl (C=O) groups is 1. The third kappa shape index (κ3) is 3.83. The lowest BCUT2D eigenvalue weighted by Gasteiger charge is -2.11. The zero-order chi connectivity index (χ0) is 15.2. The van der Waals surface area contributed by atoms with E-state index < -0.39 is 0 Å². The topological polar surface area (TPSA) is 62.1 Å². The third-order valence-corrected chi connectivity index (χ3v) is 3.72. The van der Waals surface area contributed by atoms with E-state index in [-0.39, 0.29) is 12.5 Å². The predicted octanol–water partition coefficient (Wildman–Crippen LogP) is 3.91. The molecule has 2 aromatic rings. The molecular weight excluding hydrogens is 332 g/mol. The van der Waals surface area contributed by atoms with Crippen LogP contribution in [0.15, 0.2) is 46.9 Å². The number of anilines is 1. The molecule has 0 fully saturated rings. The molecule has 0 atom stereocenters. The van der Waals surface area contributed by atoms with Crippen molar-refractivity contribution in [1.82, 2.24) is 0 Å². The van der Waals surface area contributed by atoms with Gasteiger partial charge in [-0.1, -0.05) is 34.1 Å². The van der Waals surface area contributed by atoms with Crippen molar-refractivity contribution in [1.29, 1.82) is 5.26 Å². The Morgan fingerprint density at radius 2 is 2.10 bits per heavy atom. The van der Waals surface area contributed by atoms with Gasteiger partial charge < -0.3 is 10.1 Å². The highest BCUT2D eigenvalue weighted by atomic mass is 79.9. The molecule has 1 amide bonds. The standard InChI is InChI=1S/C16H13BrN2O2/c1-11-6-7-12(10-13(11)17)16(20)19-14-4-2-3-5-15(14)21-9-8-18/h2-7,10H,9H2,1H3,(H,19,20). The molecule has 0 aliphatic rings. The number of hydrogen-bond acceptors (Lipinski definition) is 3. The van der Waals surface area contributed by atoms with Gasteiger partial charge in [-0.2, -0.15) is 5.26 Å². The van der Waals surface area contributed by atoms with Crippen LogP contribution in [0.2, 0.25) is 0 Å². The highest BCUT2D eigenvalue weighted by molar-refractivity contribution is 9.10. The number of nitriles is 1. The van der Waals surface area contributed by atoms with Crippen molar-refractivity contribution >= 4 is 27.5 Å². The van der Waals surface area contributed by atoms with Crippen LogP contribution in [0.1, 0.15) is 15.9 Å². The van der Waals surface area contributed by atoms with Gasteiger partial charge in [0, 0.05) is 10.0 Å². The van der Waals surface area contributed by atoms with Crippen molar-refractivity contribution in [2.45, 2.75) is 6.92 Å². The van der Waals surface area contributed by atoms with Gasteiger partial charge in [0.25, 0.3) is 5.91 Å². The number of hydrogen-bond donors (Lipinski definition) is 1. The first-order valence-corrected chi connectivity index (χ1v) is 7.07. The molecule has 2 aromatic carbocycles. The van der Waals surface area contributed by atoms with Gasteiger partial charge in [0.15, 0.2) is 6.61 Å². The Hall–Kier alpha value is -2.32. The molecule has 0 spiro atoms. The molecule has 0 saturated heterocycles. The van der Waals surface area contributed by atoms with E-state index in [4.69, 9.17) is 10.00 Å². The lowest BCUT2D eigenvalue weighted by atomic mass is 10.1. The summed E-state index contributed by atoms with van der Waals surface area (Å²) in [5.74, 6) is 0.238. The zero-order valence-electron chi connectivity index (χ0n) is 11.4. The van der Waals surface area contributed by atoms with Crippen molar-refractivity contribution in [2.24, 2.45) is 0 Å². The minimum Gasteiger partial charge on any atom is -0.477 e. The number of carbonyl (C=O) groups excluding carboxylic acids is 1. The quantitative estimate of drug-likeness (QED) is 0.914. The lowest BCUT2D eigenvalue weighted by Crippen LogP contribution is -2.13. The maximum absolute atomic E-state index is 12.3. The molecule has 0 aromatic heterocycles. The van der Waals surface area contributed by atoms with E-state index in [0.717, 1.165) is 10.0 Å². The third-order valence-electron chi connectivity index (χ3n) is 2.86. The van der Waals surface area contributed by atoms with Crippen molar-refractivity contribution < 1.29 is 9.53 Å². The Morgan fingerprint density at radius 1 is 1.33 bits per heavy atom. The van der Waals surface area contributed by atoms with Gasteiger partial charge in [0.05, 0.1) is 5.69 Å². The van der Waals surface area contributed by atoms with E-state index in [2.05, 4.69) is 21.2 Å². The number of nitrogens with zero attached hydrogens (tertiary/aromatic N) is 1. The van der Waals surface area contributed by atoms with Crippen LogP contribution in [0.3, 0.4) is 0 Å². The summed E-state index contributed by atoms with van der Waals surface area (Å²) >= 11 is 3.41. The normalized spacial score (nSPS) is 9.76. The second-order valence-electron chi connectivity index (χ2n) is 4.36. The van der Waals surface area contributed by atoms with Gasteiger partial charge in [-0.3, -0.25) is 4.79 Å². The highest BCUT2D eigenvalue weighted by Gasteiger charge is 2.10. The fourth-order valence-corrected chi connectivity index (χ4v) is 2.11. The average molecular weight is 345 g/mol. The van der Waals surface area contributed by atoms with Gasteiger partial charge in [-0.25, -0.2) is 0 Å². The largest absolute Gasteiger partial charge is 0.477 e. The van der Waals surface area contributed by atoms with Crippen molar-refractivity contribution in [2.75, 3.05) is 11.9 Å².